The van der Waals surface area contributed by atoms with Crippen LogP contribution in [0.2, 0.25) is 0 Å². The fourth-order valence-corrected chi connectivity index (χ4v) is 1.87. The van der Waals surface area contributed by atoms with Gasteiger partial charge in [0.25, 0.3) is 5.91 Å². The van der Waals surface area contributed by atoms with Crippen LogP contribution in [0.1, 0.15) is 10.4 Å². The lowest BCUT2D eigenvalue weighted by Gasteiger charge is -2.09. The molecule has 6 heteroatoms. The molecule has 5 nitrogen and oxygen atoms in total. The molecular formula is C12H12BrN3O2. The second kappa shape index (κ2) is 5.22. The molecule has 1 aromatic carbocycles. The van der Waals surface area contributed by atoms with Crippen molar-refractivity contribution >= 4 is 27.7 Å². The molecule has 0 aliphatic carbocycles. The average molecular weight is 310 g/mol. The van der Waals surface area contributed by atoms with Crippen molar-refractivity contribution in [3.8, 4) is 5.75 Å². The van der Waals surface area contributed by atoms with Crippen LogP contribution in [0.3, 0.4) is 0 Å². The largest absolute Gasteiger partial charge is 0.496 e. The minimum atomic E-state index is -0.233. The van der Waals surface area contributed by atoms with Gasteiger partial charge in [-0.2, -0.15) is 5.10 Å². The first-order chi connectivity index (χ1) is 8.61. The molecule has 0 aliphatic rings. The number of methoxy groups -OCH3 is 1. The number of benzene rings is 1. The summed E-state index contributed by atoms with van der Waals surface area (Å²) in [5.41, 5.74) is 0.474. The van der Waals surface area contributed by atoms with E-state index in [1.165, 1.54) is 7.11 Å². The Labute approximate surface area is 113 Å². The van der Waals surface area contributed by atoms with E-state index in [-0.39, 0.29) is 5.91 Å². The molecule has 1 heterocycles. The molecule has 1 N–H and O–H groups in total. The number of rotatable bonds is 3. The first-order valence-corrected chi connectivity index (χ1v) is 6.04. The molecular weight excluding hydrogens is 298 g/mol. The van der Waals surface area contributed by atoms with Crippen LogP contribution >= 0.6 is 15.9 Å². The topological polar surface area (TPSA) is 56.1 Å². The Kier molecular flexibility index (Phi) is 3.66. The van der Waals surface area contributed by atoms with E-state index in [9.17, 15) is 4.79 Å². The zero-order chi connectivity index (χ0) is 13.1. The fourth-order valence-electron chi connectivity index (χ4n) is 1.53. The van der Waals surface area contributed by atoms with Crippen LogP contribution in [0.25, 0.3) is 0 Å². The predicted octanol–water partition coefficient (Wildman–Crippen LogP) is 2.44. The standard InChI is InChI=1S/C12H12BrN3O2/c1-16-11(5-6-14-16)15-12(17)9-4-3-8(13)7-10(9)18-2/h3-7H,1-2H3,(H,15,17). The minimum absolute atomic E-state index is 0.233. The third-order valence-electron chi connectivity index (χ3n) is 2.47. The van der Waals surface area contributed by atoms with Crippen LogP contribution in [0.4, 0.5) is 5.82 Å². The van der Waals surface area contributed by atoms with Gasteiger partial charge in [-0.3, -0.25) is 9.48 Å². The van der Waals surface area contributed by atoms with Gasteiger partial charge in [-0.15, -0.1) is 0 Å². The number of anilines is 1. The van der Waals surface area contributed by atoms with Crippen LogP contribution in [0.5, 0.6) is 5.75 Å². The smallest absolute Gasteiger partial charge is 0.260 e. The lowest BCUT2D eigenvalue weighted by Crippen LogP contribution is -2.15. The summed E-state index contributed by atoms with van der Waals surface area (Å²) in [6.07, 6.45) is 1.62. The first kappa shape index (κ1) is 12.6. The highest BCUT2D eigenvalue weighted by Crippen LogP contribution is 2.24. The maximum Gasteiger partial charge on any atom is 0.260 e. The maximum absolute atomic E-state index is 12.1. The Hall–Kier alpha value is -1.82. The molecule has 0 spiro atoms. The number of nitrogens with zero attached hydrogens (tertiary/aromatic N) is 2. The Morgan fingerprint density at radius 2 is 2.22 bits per heavy atom. The number of ether oxygens (including phenoxy) is 1. The molecule has 0 atom stereocenters. The van der Waals surface area contributed by atoms with E-state index >= 15 is 0 Å². The third-order valence-corrected chi connectivity index (χ3v) is 2.96. The van der Waals surface area contributed by atoms with Crippen molar-refractivity contribution in [2.24, 2.45) is 7.05 Å². The molecule has 0 aliphatic heterocycles. The van der Waals surface area contributed by atoms with Crippen molar-refractivity contribution in [3.05, 3.63) is 40.5 Å². The van der Waals surface area contributed by atoms with E-state index in [1.54, 1.807) is 42.2 Å². The number of hydrogen-bond acceptors (Lipinski definition) is 3. The van der Waals surface area contributed by atoms with Crippen molar-refractivity contribution in [2.75, 3.05) is 12.4 Å². The highest BCUT2D eigenvalue weighted by Gasteiger charge is 2.13. The van der Waals surface area contributed by atoms with Crippen molar-refractivity contribution in [2.45, 2.75) is 0 Å². The number of halogens is 1. The maximum atomic E-state index is 12.1. The van der Waals surface area contributed by atoms with Crippen molar-refractivity contribution < 1.29 is 9.53 Å². The van der Waals surface area contributed by atoms with Crippen molar-refractivity contribution in [3.63, 3.8) is 0 Å². The summed E-state index contributed by atoms with van der Waals surface area (Å²) >= 11 is 3.33. The van der Waals surface area contributed by atoms with Gasteiger partial charge in [0.15, 0.2) is 0 Å². The van der Waals surface area contributed by atoms with Crippen molar-refractivity contribution in [1.29, 1.82) is 0 Å². The number of hydrogen-bond donors (Lipinski definition) is 1. The quantitative estimate of drug-likeness (QED) is 0.947. The summed E-state index contributed by atoms with van der Waals surface area (Å²) in [5, 5.41) is 6.75. The molecule has 0 saturated carbocycles. The first-order valence-electron chi connectivity index (χ1n) is 5.24. The number of carbonyl (C=O) groups is 1. The molecule has 0 unspecified atom stereocenters. The molecule has 2 rings (SSSR count). The Morgan fingerprint density at radius 3 is 2.83 bits per heavy atom. The van der Waals surface area contributed by atoms with Gasteiger partial charge < -0.3 is 10.1 Å². The van der Waals surface area contributed by atoms with E-state index in [4.69, 9.17) is 4.74 Å². The van der Waals surface area contributed by atoms with E-state index in [1.807, 2.05) is 0 Å². The average Bonchev–Trinajstić information content (AvgIpc) is 2.74. The normalized spacial score (nSPS) is 10.2. The van der Waals surface area contributed by atoms with Gasteiger partial charge >= 0.3 is 0 Å². The lowest BCUT2D eigenvalue weighted by atomic mass is 10.2. The number of amides is 1. The molecule has 94 valence electrons. The summed E-state index contributed by atoms with van der Waals surface area (Å²) in [6.45, 7) is 0. The van der Waals surface area contributed by atoms with E-state index in [0.717, 1.165) is 4.47 Å². The van der Waals surface area contributed by atoms with E-state index in [0.29, 0.717) is 17.1 Å². The SMILES string of the molecule is COc1cc(Br)ccc1C(=O)Nc1ccnn1C. The van der Waals surface area contributed by atoms with Gasteiger partial charge in [-0.25, -0.2) is 0 Å². The number of nitrogens with one attached hydrogen (secondary N) is 1. The number of carbonyl (C=O) groups excluding carboxylic acids is 1. The van der Waals surface area contributed by atoms with Gasteiger partial charge in [-0.1, -0.05) is 15.9 Å². The molecule has 0 radical (unpaired) electrons. The molecule has 2 aromatic rings. The van der Waals surface area contributed by atoms with Crippen LogP contribution in [0.15, 0.2) is 34.9 Å². The van der Waals surface area contributed by atoms with E-state index in [2.05, 4.69) is 26.3 Å². The summed E-state index contributed by atoms with van der Waals surface area (Å²) in [4.78, 5) is 12.1. The van der Waals surface area contributed by atoms with E-state index < -0.39 is 0 Å². The molecule has 1 aromatic heterocycles. The Bertz CT molecular complexity index is 580. The second-order valence-electron chi connectivity index (χ2n) is 3.64. The Balaban J connectivity index is 2.26. The summed E-state index contributed by atoms with van der Waals surface area (Å²) in [7, 11) is 3.29. The number of aryl methyl sites for hydroxylation is 1. The Morgan fingerprint density at radius 1 is 1.44 bits per heavy atom. The zero-order valence-electron chi connectivity index (χ0n) is 9.98. The van der Waals surface area contributed by atoms with Crippen molar-refractivity contribution in [1.82, 2.24) is 9.78 Å². The number of aromatic nitrogens is 2. The highest BCUT2D eigenvalue weighted by atomic mass is 79.9. The molecule has 0 saturated heterocycles. The fraction of sp³-hybridized carbons (Fsp3) is 0.167. The zero-order valence-corrected chi connectivity index (χ0v) is 11.6. The van der Waals surface area contributed by atoms with Crippen LogP contribution in [-0.4, -0.2) is 22.8 Å². The van der Waals surface area contributed by atoms with Gasteiger partial charge in [0.05, 0.1) is 18.9 Å². The van der Waals surface area contributed by atoms with Gasteiger partial charge in [-0.05, 0) is 18.2 Å². The predicted molar refractivity (Wildman–Crippen MR) is 71.9 cm³/mol. The van der Waals surface area contributed by atoms with Gasteiger partial charge in [0.2, 0.25) is 0 Å². The lowest BCUT2D eigenvalue weighted by molar-refractivity contribution is 0.102. The van der Waals surface area contributed by atoms with Crippen LogP contribution < -0.4 is 10.1 Å². The minimum Gasteiger partial charge on any atom is -0.496 e. The van der Waals surface area contributed by atoms with Crippen LogP contribution in [0, 0.1) is 0 Å². The molecule has 1 amide bonds. The van der Waals surface area contributed by atoms with Gasteiger partial charge in [0, 0.05) is 17.6 Å². The van der Waals surface area contributed by atoms with Crippen LogP contribution in [-0.2, 0) is 7.05 Å². The highest BCUT2D eigenvalue weighted by molar-refractivity contribution is 9.10. The van der Waals surface area contributed by atoms with Gasteiger partial charge in [0.1, 0.15) is 11.6 Å². The molecule has 0 bridgehead atoms. The molecule has 18 heavy (non-hydrogen) atoms. The molecule has 0 fully saturated rings. The summed E-state index contributed by atoms with van der Waals surface area (Å²) in [5.74, 6) is 0.914. The monoisotopic (exact) mass is 309 g/mol. The second-order valence-corrected chi connectivity index (χ2v) is 4.55. The third kappa shape index (κ3) is 2.53. The summed E-state index contributed by atoms with van der Waals surface area (Å²) in [6, 6.07) is 6.97. The summed E-state index contributed by atoms with van der Waals surface area (Å²) < 4.78 is 7.63.